The molecule has 0 bridgehead atoms. The number of pyridine rings is 2. The molecule has 3 aromatic heterocycles. The Labute approximate surface area is 214 Å². The first kappa shape index (κ1) is 24.1. The van der Waals surface area contributed by atoms with Gasteiger partial charge in [0.15, 0.2) is 17.4 Å². The van der Waals surface area contributed by atoms with E-state index < -0.39 is 0 Å². The second-order valence-corrected chi connectivity index (χ2v) is 8.22. The number of nitrogens with zero attached hydrogens (tertiary/aromatic N) is 5. The topological polar surface area (TPSA) is 114 Å². The summed E-state index contributed by atoms with van der Waals surface area (Å²) in [6, 6.07) is 14.4. The average molecular weight is 498 g/mol. The molecule has 10 nitrogen and oxygen atoms in total. The van der Waals surface area contributed by atoms with Gasteiger partial charge in [-0.15, -0.1) is 0 Å². The van der Waals surface area contributed by atoms with E-state index in [0.29, 0.717) is 61.6 Å². The molecule has 10 heteroatoms. The van der Waals surface area contributed by atoms with Crippen molar-refractivity contribution in [2.75, 3.05) is 48.4 Å². The van der Waals surface area contributed by atoms with Crippen LogP contribution in [0.3, 0.4) is 0 Å². The Hall–Kier alpha value is -4.57. The summed E-state index contributed by atoms with van der Waals surface area (Å²) in [7, 11) is 0. The predicted molar refractivity (Wildman–Crippen MR) is 142 cm³/mol. The number of ether oxygens (including phenoxy) is 2. The fourth-order valence-electron chi connectivity index (χ4n) is 3.97. The molecule has 1 aliphatic rings. The zero-order valence-corrected chi connectivity index (χ0v) is 20.4. The van der Waals surface area contributed by atoms with E-state index in [2.05, 4.69) is 25.5 Å². The van der Waals surface area contributed by atoms with Crippen molar-refractivity contribution in [1.82, 2.24) is 19.9 Å². The van der Waals surface area contributed by atoms with Gasteiger partial charge in [0.25, 0.3) is 0 Å². The maximum absolute atomic E-state index is 12.3. The first-order valence-electron chi connectivity index (χ1n) is 12.1. The summed E-state index contributed by atoms with van der Waals surface area (Å²) in [4.78, 5) is 32.5. The standard InChI is InChI=1S/C27H27N7O3/c1-2-37-24-23(19-9-12-28-13-10-19)32-25(33-26(24)34-14-16-36-17-15-34)20-5-7-21(8-6-20)30-27(35)31-22-4-3-11-29-18-22/h3-13,18H,2,14-17H2,1H3,(H2,30,31,35). The quantitative estimate of drug-likeness (QED) is 0.384. The molecule has 0 radical (unpaired) electrons. The van der Waals surface area contributed by atoms with E-state index in [1.165, 1.54) is 0 Å². The van der Waals surface area contributed by atoms with Gasteiger partial charge in [-0.25, -0.2) is 14.8 Å². The molecule has 1 saturated heterocycles. The van der Waals surface area contributed by atoms with Crippen LogP contribution in [0.25, 0.3) is 22.6 Å². The molecule has 4 heterocycles. The molecular formula is C27H27N7O3. The van der Waals surface area contributed by atoms with Crippen LogP contribution >= 0.6 is 0 Å². The van der Waals surface area contributed by atoms with E-state index >= 15 is 0 Å². The van der Waals surface area contributed by atoms with Crippen molar-refractivity contribution in [1.29, 1.82) is 0 Å². The molecule has 188 valence electrons. The molecular weight excluding hydrogens is 470 g/mol. The van der Waals surface area contributed by atoms with Gasteiger partial charge in [-0.05, 0) is 55.5 Å². The molecule has 0 saturated carbocycles. The first-order valence-corrected chi connectivity index (χ1v) is 12.1. The summed E-state index contributed by atoms with van der Waals surface area (Å²) >= 11 is 0. The summed E-state index contributed by atoms with van der Waals surface area (Å²) in [5.41, 5.74) is 3.65. The second-order valence-electron chi connectivity index (χ2n) is 8.22. The maximum Gasteiger partial charge on any atom is 0.323 e. The third kappa shape index (κ3) is 5.81. The molecule has 5 rings (SSSR count). The highest BCUT2D eigenvalue weighted by Gasteiger charge is 2.24. The van der Waals surface area contributed by atoms with E-state index in [9.17, 15) is 4.79 Å². The molecule has 0 atom stereocenters. The van der Waals surface area contributed by atoms with Crippen molar-refractivity contribution >= 4 is 23.2 Å². The second kappa shape index (κ2) is 11.4. The Kier molecular flexibility index (Phi) is 7.47. The van der Waals surface area contributed by atoms with Crippen LogP contribution in [-0.4, -0.2) is 58.9 Å². The number of benzene rings is 1. The van der Waals surface area contributed by atoms with Crippen LogP contribution in [0.4, 0.5) is 22.0 Å². The number of urea groups is 1. The summed E-state index contributed by atoms with van der Waals surface area (Å²) < 4.78 is 11.6. The molecule has 1 aromatic carbocycles. The van der Waals surface area contributed by atoms with Crippen molar-refractivity contribution in [3.63, 3.8) is 0 Å². The Morgan fingerprint density at radius 1 is 0.919 bits per heavy atom. The van der Waals surface area contributed by atoms with Gasteiger partial charge >= 0.3 is 6.03 Å². The summed E-state index contributed by atoms with van der Waals surface area (Å²) in [6.07, 6.45) is 6.70. The highest BCUT2D eigenvalue weighted by atomic mass is 16.5. The van der Waals surface area contributed by atoms with Crippen molar-refractivity contribution in [2.24, 2.45) is 0 Å². The Morgan fingerprint density at radius 3 is 2.38 bits per heavy atom. The van der Waals surface area contributed by atoms with Crippen molar-refractivity contribution in [3.05, 3.63) is 73.3 Å². The van der Waals surface area contributed by atoms with Gasteiger partial charge in [-0.3, -0.25) is 9.97 Å². The number of amides is 2. The molecule has 1 aliphatic heterocycles. The highest BCUT2D eigenvalue weighted by molar-refractivity contribution is 5.99. The summed E-state index contributed by atoms with van der Waals surface area (Å²) in [6.45, 7) is 5.10. The van der Waals surface area contributed by atoms with Gasteiger partial charge in [0.1, 0.15) is 5.69 Å². The number of aromatic nitrogens is 4. The van der Waals surface area contributed by atoms with Gasteiger partial charge < -0.3 is 25.0 Å². The number of carbonyl (C=O) groups excluding carboxylic acids is 1. The van der Waals surface area contributed by atoms with E-state index in [0.717, 1.165) is 16.9 Å². The number of morpholine rings is 1. The SMILES string of the molecule is CCOc1c(-c2ccncc2)nc(-c2ccc(NC(=O)Nc3cccnc3)cc2)nc1N1CCOCC1. The number of nitrogens with one attached hydrogen (secondary N) is 2. The third-order valence-electron chi connectivity index (χ3n) is 5.72. The lowest BCUT2D eigenvalue weighted by atomic mass is 10.1. The normalized spacial score (nSPS) is 13.2. The molecule has 2 amide bonds. The zero-order chi connectivity index (χ0) is 25.5. The molecule has 0 spiro atoms. The van der Waals surface area contributed by atoms with Crippen LogP contribution in [0.1, 0.15) is 6.92 Å². The average Bonchev–Trinajstić information content (AvgIpc) is 2.95. The predicted octanol–water partition coefficient (Wildman–Crippen LogP) is 4.48. The molecule has 2 N–H and O–H groups in total. The largest absolute Gasteiger partial charge is 0.488 e. The Morgan fingerprint density at radius 2 is 1.68 bits per heavy atom. The van der Waals surface area contributed by atoms with Crippen LogP contribution in [0, 0.1) is 0 Å². The van der Waals surface area contributed by atoms with Crippen LogP contribution in [0.2, 0.25) is 0 Å². The highest BCUT2D eigenvalue weighted by Crippen LogP contribution is 2.38. The summed E-state index contributed by atoms with van der Waals surface area (Å²) in [5.74, 6) is 1.94. The number of anilines is 3. The van der Waals surface area contributed by atoms with Crippen molar-refractivity contribution in [3.8, 4) is 28.4 Å². The lowest BCUT2D eigenvalue weighted by molar-refractivity contribution is 0.122. The third-order valence-corrected chi connectivity index (χ3v) is 5.72. The molecule has 37 heavy (non-hydrogen) atoms. The molecule has 1 fully saturated rings. The minimum Gasteiger partial charge on any atom is -0.488 e. The van der Waals surface area contributed by atoms with Crippen LogP contribution in [0.5, 0.6) is 5.75 Å². The van der Waals surface area contributed by atoms with Gasteiger partial charge in [0.05, 0.1) is 31.7 Å². The van der Waals surface area contributed by atoms with Crippen molar-refractivity contribution < 1.29 is 14.3 Å². The number of rotatable bonds is 7. The molecule has 0 aliphatic carbocycles. The lowest BCUT2D eigenvalue weighted by Crippen LogP contribution is -2.37. The molecule has 0 unspecified atom stereocenters. The van der Waals surface area contributed by atoms with E-state index in [4.69, 9.17) is 19.4 Å². The maximum atomic E-state index is 12.3. The zero-order valence-electron chi connectivity index (χ0n) is 20.4. The minimum absolute atomic E-state index is 0.354. The van der Waals surface area contributed by atoms with Gasteiger partial charge in [-0.2, -0.15) is 0 Å². The van der Waals surface area contributed by atoms with E-state index in [1.807, 2.05) is 43.3 Å². The van der Waals surface area contributed by atoms with Gasteiger partial charge in [0.2, 0.25) is 0 Å². The van der Waals surface area contributed by atoms with Gasteiger partial charge in [-0.1, -0.05) is 0 Å². The van der Waals surface area contributed by atoms with Gasteiger partial charge in [0, 0.05) is 48.5 Å². The van der Waals surface area contributed by atoms with Crippen LogP contribution in [-0.2, 0) is 4.74 Å². The smallest absolute Gasteiger partial charge is 0.323 e. The number of carbonyl (C=O) groups is 1. The monoisotopic (exact) mass is 497 g/mol. The van der Waals surface area contributed by atoms with Crippen molar-refractivity contribution in [2.45, 2.75) is 6.92 Å². The fourth-order valence-corrected chi connectivity index (χ4v) is 3.97. The van der Waals surface area contributed by atoms with E-state index in [1.54, 1.807) is 36.9 Å². The summed E-state index contributed by atoms with van der Waals surface area (Å²) in [5, 5.41) is 5.58. The Balaban J connectivity index is 1.46. The number of hydrogen-bond acceptors (Lipinski definition) is 8. The van der Waals surface area contributed by atoms with Crippen LogP contribution in [0.15, 0.2) is 73.3 Å². The first-order chi connectivity index (χ1) is 18.2. The van der Waals surface area contributed by atoms with Crippen LogP contribution < -0.4 is 20.3 Å². The molecule has 4 aromatic rings. The lowest BCUT2D eigenvalue weighted by Gasteiger charge is -2.30. The number of hydrogen-bond donors (Lipinski definition) is 2. The Bertz CT molecular complexity index is 1330. The fraction of sp³-hybridized carbons (Fsp3) is 0.222. The van der Waals surface area contributed by atoms with E-state index in [-0.39, 0.29) is 6.03 Å². The minimum atomic E-state index is -0.354.